The molecule has 56 valence electrons. The summed E-state index contributed by atoms with van der Waals surface area (Å²) in [5.41, 5.74) is 0. The fourth-order valence-corrected chi connectivity index (χ4v) is 0.756. The molecule has 0 fully saturated rings. The van der Waals surface area contributed by atoms with Crippen molar-refractivity contribution in [3.05, 3.63) is 0 Å². The van der Waals surface area contributed by atoms with Gasteiger partial charge in [-0.2, -0.15) is 0 Å². The van der Waals surface area contributed by atoms with Gasteiger partial charge < -0.3 is 0 Å². The van der Waals surface area contributed by atoms with Crippen molar-refractivity contribution in [3.8, 4) is 0 Å². The van der Waals surface area contributed by atoms with Crippen molar-refractivity contribution in [1.82, 2.24) is 0 Å². The minimum Gasteiger partial charge on any atom is -0.207 e. The van der Waals surface area contributed by atoms with Crippen molar-refractivity contribution >= 4 is 0 Å². The SMILES string of the molecule is CC[C@H](C)CC(C)(F)F. The van der Waals surface area contributed by atoms with Gasteiger partial charge in [0.2, 0.25) is 5.92 Å². The van der Waals surface area contributed by atoms with Gasteiger partial charge in [-0.3, -0.25) is 0 Å². The van der Waals surface area contributed by atoms with Crippen molar-refractivity contribution in [2.45, 2.75) is 39.5 Å². The number of alkyl halides is 2. The highest BCUT2D eigenvalue weighted by Gasteiger charge is 2.22. The average Bonchev–Trinajstić information content (AvgIpc) is 1.62. The third-order valence-electron chi connectivity index (χ3n) is 1.40. The predicted molar refractivity (Wildman–Crippen MR) is 34.7 cm³/mol. The fraction of sp³-hybridized carbons (Fsp3) is 1.00. The third kappa shape index (κ3) is 5.74. The largest absolute Gasteiger partial charge is 0.245 e. The summed E-state index contributed by atoms with van der Waals surface area (Å²) in [7, 11) is 0. The normalized spacial score (nSPS) is 15.7. The van der Waals surface area contributed by atoms with Crippen molar-refractivity contribution in [2.75, 3.05) is 0 Å². The van der Waals surface area contributed by atoms with Crippen molar-refractivity contribution < 1.29 is 8.78 Å². The maximum Gasteiger partial charge on any atom is 0.245 e. The van der Waals surface area contributed by atoms with Gasteiger partial charge in [-0.15, -0.1) is 0 Å². The van der Waals surface area contributed by atoms with E-state index >= 15 is 0 Å². The summed E-state index contributed by atoms with van der Waals surface area (Å²) >= 11 is 0. The molecule has 0 N–H and O–H groups in total. The molecule has 0 rings (SSSR count). The lowest BCUT2D eigenvalue weighted by atomic mass is 10.0. The molecule has 0 saturated carbocycles. The summed E-state index contributed by atoms with van der Waals surface area (Å²) in [6.45, 7) is 4.74. The van der Waals surface area contributed by atoms with Crippen molar-refractivity contribution in [3.63, 3.8) is 0 Å². The van der Waals surface area contributed by atoms with E-state index in [2.05, 4.69) is 0 Å². The smallest absolute Gasteiger partial charge is 0.207 e. The summed E-state index contributed by atoms with van der Waals surface area (Å²) in [4.78, 5) is 0. The zero-order valence-corrected chi connectivity index (χ0v) is 6.25. The van der Waals surface area contributed by atoms with Gasteiger partial charge in [-0.1, -0.05) is 20.3 Å². The molecule has 0 nitrogen and oxygen atoms in total. The Morgan fingerprint density at radius 3 is 2.00 bits per heavy atom. The topological polar surface area (TPSA) is 0 Å². The average molecular weight is 136 g/mol. The lowest BCUT2D eigenvalue weighted by Crippen LogP contribution is -2.13. The molecule has 1 atom stereocenters. The molecular weight excluding hydrogens is 122 g/mol. The molecule has 0 bridgehead atoms. The van der Waals surface area contributed by atoms with E-state index in [-0.39, 0.29) is 12.3 Å². The quantitative estimate of drug-likeness (QED) is 0.559. The second-order valence-corrected chi connectivity index (χ2v) is 2.79. The van der Waals surface area contributed by atoms with Crippen LogP contribution >= 0.6 is 0 Å². The molecule has 0 aliphatic carbocycles. The molecule has 0 saturated heterocycles. The van der Waals surface area contributed by atoms with E-state index in [1.165, 1.54) is 0 Å². The first-order chi connectivity index (χ1) is 3.95. The first kappa shape index (κ1) is 8.86. The highest BCUT2D eigenvalue weighted by molar-refractivity contribution is 4.62. The van der Waals surface area contributed by atoms with Crippen LogP contribution in [0.5, 0.6) is 0 Å². The van der Waals surface area contributed by atoms with E-state index < -0.39 is 5.92 Å². The Bertz CT molecular complexity index is 73.5. The maximum absolute atomic E-state index is 12.2. The van der Waals surface area contributed by atoms with Gasteiger partial charge in [0.1, 0.15) is 0 Å². The van der Waals surface area contributed by atoms with E-state index in [1.807, 2.05) is 13.8 Å². The number of hydrogen-bond donors (Lipinski definition) is 0. The Morgan fingerprint density at radius 2 is 1.89 bits per heavy atom. The van der Waals surface area contributed by atoms with Gasteiger partial charge in [0, 0.05) is 6.42 Å². The van der Waals surface area contributed by atoms with E-state index in [1.54, 1.807) is 0 Å². The van der Waals surface area contributed by atoms with Crippen LogP contribution in [-0.4, -0.2) is 5.92 Å². The Kier molecular flexibility index (Phi) is 3.09. The summed E-state index contributed by atoms with van der Waals surface area (Å²) in [6.07, 6.45) is 0.854. The van der Waals surface area contributed by atoms with Crippen LogP contribution in [0.4, 0.5) is 8.78 Å². The van der Waals surface area contributed by atoms with Gasteiger partial charge in [0.15, 0.2) is 0 Å². The van der Waals surface area contributed by atoms with E-state index in [0.717, 1.165) is 13.3 Å². The van der Waals surface area contributed by atoms with Crippen molar-refractivity contribution in [2.24, 2.45) is 5.92 Å². The van der Waals surface area contributed by atoms with E-state index in [0.29, 0.717) is 0 Å². The first-order valence-electron chi connectivity index (χ1n) is 3.33. The van der Waals surface area contributed by atoms with Crippen LogP contribution in [0, 0.1) is 5.92 Å². The maximum atomic E-state index is 12.2. The van der Waals surface area contributed by atoms with Gasteiger partial charge in [0.05, 0.1) is 0 Å². The Hall–Kier alpha value is -0.140. The van der Waals surface area contributed by atoms with Crippen LogP contribution in [-0.2, 0) is 0 Å². The summed E-state index contributed by atoms with van der Waals surface area (Å²) in [5, 5.41) is 0. The molecular formula is C7H14F2. The number of rotatable bonds is 3. The van der Waals surface area contributed by atoms with Crippen LogP contribution in [0.2, 0.25) is 0 Å². The second kappa shape index (κ2) is 3.14. The van der Waals surface area contributed by atoms with Crippen LogP contribution < -0.4 is 0 Å². The zero-order valence-electron chi connectivity index (χ0n) is 6.25. The molecule has 9 heavy (non-hydrogen) atoms. The Labute approximate surface area is 55.3 Å². The Balaban J connectivity index is 3.47. The van der Waals surface area contributed by atoms with Gasteiger partial charge in [-0.05, 0) is 12.8 Å². The summed E-state index contributed by atoms with van der Waals surface area (Å²) in [5.74, 6) is -2.33. The molecule has 0 radical (unpaired) electrons. The van der Waals surface area contributed by atoms with Gasteiger partial charge in [0.25, 0.3) is 0 Å². The molecule has 2 heteroatoms. The van der Waals surface area contributed by atoms with Crippen LogP contribution in [0.25, 0.3) is 0 Å². The lowest BCUT2D eigenvalue weighted by molar-refractivity contribution is -0.00166. The van der Waals surface area contributed by atoms with E-state index in [4.69, 9.17) is 0 Å². The molecule has 0 unspecified atom stereocenters. The minimum atomic E-state index is -2.48. The molecule has 0 aromatic rings. The van der Waals surface area contributed by atoms with Crippen molar-refractivity contribution in [1.29, 1.82) is 0 Å². The molecule has 0 aliphatic rings. The highest BCUT2D eigenvalue weighted by Crippen LogP contribution is 2.23. The summed E-state index contributed by atoms with van der Waals surface area (Å²) < 4.78 is 24.3. The molecule has 0 heterocycles. The molecule has 0 spiro atoms. The molecule has 0 aliphatic heterocycles. The third-order valence-corrected chi connectivity index (χ3v) is 1.40. The standard InChI is InChI=1S/C7H14F2/c1-4-6(2)5-7(3,8)9/h6H,4-5H2,1-3H3/t6-/m0/s1. The lowest BCUT2D eigenvalue weighted by Gasteiger charge is -2.13. The first-order valence-corrected chi connectivity index (χ1v) is 3.33. The molecule has 0 aromatic carbocycles. The predicted octanol–water partition coefficient (Wildman–Crippen LogP) is 3.08. The van der Waals surface area contributed by atoms with Gasteiger partial charge >= 0.3 is 0 Å². The van der Waals surface area contributed by atoms with Crippen LogP contribution in [0.1, 0.15) is 33.6 Å². The summed E-state index contributed by atoms with van der Waals surface area (Å²) in [6, 6.07) is 0. The van der Waals surface area contributed by atoms with Crippen LogP contribution in [0.3, 0.4) is 0 Å². The second-order valence-electron chi connectivity index (χ2n) is 2.79. The molecule has 0 aromatic heterocycles. The molecule has 0 amide bonds. The monoisotopic (exact) mass is 136 g/mol. The van der Waals surface area contributed by atoms with E-state index in [9.17, 15) is 8.78 Å². The zero-order chi connectivity index (χ0) is 7.49. The van der Waals surface area contributed by atoms with Gasteiger partial charge in [-0.25, -0.2) is 8.78 Å². The number of halogens is 2. The highest BCUT2D eigenvalue weighted by atomic mass is 19.3. The Morgan fingerprint density at radius 1 is 1.44 bits per heavy atom. The van der Waals surface area contributed by atoms with Crippen LogP contribution in [0.15, 0.2) is 0 Å². The fourth-order valence-electron chi connectivity index (χ4n) is 0.756. The number of hydrogen-bond acceptors (Lipinski definition) is 0. The minimum absolute atomic E-state index is 0.0174.